The Hall–Kier alpha value is -2.50. The number of nitrogens with zero attached hydrogens (tertiary/aromatic N) is 2. The van der Waals surface area contributed by atoms with Crippen LogP contribution in [0.1, 0.15) is 51.5 Å². The van der Waals surface area contributed by atoms with E-state index in [-0.39, 0.29) is 37.7 Å². The largest absolute Gasteiger partial charge is 0.486 e. The lowest BCUT2D eigenvalue weighted by Gasteiger charge is -2.42. The third-order valence-corrected chi connectivity index (χ3v) is 9.70. The lowest BCUT2D eigenvalue weighted by molar-refractivity contribution is -0.147. The molecule has 43 heavy (non-hydrogen) atoms. The predicted octanol–water partition coefficient (Wildman–Crippen LogP) is 1.95. The van der Waals surface area contributed by atoms with Crippen molar-refractivity contribution in [2.24, 2.45) is 17.8 Å². The Morgan fingerprint density at radius 3 is 2.70 bits per heavy atom. The molecular formula is C33H49N3O7. The van der Waals surface area contributed by atoms with Crippen molar-refractivity contribution in [3.63, 3.8) is 0 Å². The van der Waals surface area contributed by atoms with E-state index in [1.165, 1.54) is 6.42 Å². The summed E-state index contributed by atoms with van der Waals surface area (Å²) in [6, 6.07) is 6.71. The molecule has 2 fully saturated rings. The maximum Gasteiger partial charge on any atom is 0.249 e. The molecule has 1 aromatic carbocycles. The summed E-state index contributed by atoms with van der Waals surface area (Å²) in [5.41, 5.74) is 1.26. The molecule has 3 N–H and O–H groups in total. The number of benzene rings is 1. The lowest BCUT2D eigenvalue weighted by Crippen LogP contribution is -2.58. The first-order valence-electron chi connectivity index (χ1n) is 16.0. The number of amides is 2. The Balaban J connectivity index is 1.42. The van der Waals surface area contributed by atoms with Crippen LogP contribution in [0.5, 0.6) is 5.75 Å². The van der Waals surface area contributed by atoms with Crippen LogP contribution >= 0.6 is 0 Å². The molecule has 0 aromatic heterocycles. The van der Waals surface area contributed by atoms with Crippen molar-refractivity contribution in [3.05, 3.63) is 41.5 Å². The number of rotatable bonds is 11. The Morgan fingerprint density at radius 1 is 1.19 bits per heavy atom. The number of carbonyl (C=O) groups excluding carboxylic acids is 2. The molecule has 2 amide bonds. The SMILES string of the molecule is CC1CCC(C(C)C)C(OCC(=O)N(CCN2CCOCC2)C2C=C(C(=O)NCCO)C3c4ccccc4OC3C2O)C1. The first-order chi connectivity index (χ1) is 20.8. The summed E-state index contributed by atoms with van der Waals surface area (Å²) in [5.74, 6) is 1.01. The lowest BCUT2D eigenvalue weighted by atomic mass is 9.75. The molecule has 1 saturated carbocycles. The number of fused-ring (bicyclic) bond motifs is 3. The Morgan fingerprint density at radius 2 is 1.95 bits per heavy atom. The van der Waals surface area contributed by atoms with Crippen molar-refractivity contribution in [2.45, 2.75) is 70.3 Å². The quantitative estimate of drug-likeness (QED) is 0.353. The zero-order valence-corrected chi connectivity index (χ0v) is 25.8. The monoisotopic (exact) mass is 599 g/mol. The summed E-state index contributed by atoms with van der Waals surface area (Å²) in [4.78, 5) is 31.4. The average molecular weight is 600 g/mol. The molecule has 238 valence electrons. The van der Waals surface area contributed by atoms with E-state index in [4.69, 9.17) is 14.2 Å². The Labute approximate surface area is 255 Å². The second kappa shape index (κ2) is 14.5. The van der Waals surface area contributed by atoms with E-state index < -0.39 is 24.2 Å². The van der Waals surface area contributed by atoms with Gasteiger partial charge in [-0.2, -0.15) is 0 Å². The summed E-state index contributed by atoms with van der Waals surface area (Å²) < 4.78 is 18.2. The van der Waals surface area contributed by atoms with Crippen LogP contribution in [0.3, 0.4) is 0 Å². The predicted molar refractivity (Wildman–Crippen MR) is 162 cm³/mol. The first kappa shape index (κ1) is 31.9. The molecule has 2 aliphatic carbocycles. The van der Waals surface area contributed by atoms with Gasteiger partial charge in [-0.3, -0.25) is 14.5 Å². The number of hydrogen-bond acceptors (Lipinski definition) is 8. The summed E-state index contributed by atoms with van der Waals surface area (Å²) in [6.45, 7) is 10.3. The average Bonchev–Trinajstić information content (AvgIpc) is 3.40. The molecule has 5 rings (SSSR count). The fraction of sp³-hybridized carbons (Fsp3) is 0.697. The summed E-state index contributed by atoms with van der Waals surface area (Å²) in [6.07, 6.45) is 3.16. The van der Waals surface area contributed by atoms with Gasteiger partial charge in [0.05, 0.1) is 37.9 Å². The smallest absolute Gasteiger partial charge is 0.249 e. The van der Waals surface area contributed by atoms with Crippen LogP contribution in [-0.4, -0.2) is 115 Å². The van der Waals surface area contributed by atoms with E-state index in [0.29, 0.717) is 55.4 Å². The number of nitrogens with one attached hydrogen (secondary N) is 1. The van der Waals surface area contributed by atoms with Crippen molar-refractivity contribution in [2.75, 3.05) is 59.2 Å². The van der Waals surface area contributed by atoms with E-state index in [9.17, 15) is 19.8 Å². The van der Waals surface area contributed by atoms with Gasteiger partial charge in [-0.05, 0) is 42.7 Å². The molecule has 0 bridgehead atoms. The van der Waals surface area contributed by atoms with Gasteiger partial charge in [-0.15, -0.1) is 0 Å². The highest BCUT2D eigenvalue weighted by Gasteiger charge is 2.50. The maximum absolute atomic E-state index is 14.1. The number of ether oxygens (including phenoxy) is 3. The summed E-state index contributed by atoms with van der Waals surface area (Å²) >= 11 is 0. The second-order valence-electron chi connectivity index (χ2n) is 12.9. The molecule has 0 radical (unpaired) electrons. The van der Waals surface area contributed by atoms with Gasteiger partial charge in [0.25, 0.3) is 0 Å². The second-order valence-corrected chi connectivity index (χ2v) is 12.9. The third kappa shape index (κ3) is 7.26. The van der Waals surface area contributed by atoms with Gasteiger partial charge < -0.3 is 34.6 Å². The minimum atomic E-state index is -1.06. The number of para-hydroxylation sites is 1. The zero-order chi connectivity index (χ0) is 30.5. The minimum Gasteiger partial charge on any atom is -0.486 e. The normalized spacial score (nSPS) is 30.7. The highest BCUT2D eigenvalue weighted by molar-refractivity contribution is 5.96. The van der Waals surface area contributed by atoms with E-state index in [1.807, 2.05) is 24.3 Å². The fourth-order valence-electron chi connectivity index (χ4n) is 7.27. The van der Waals surface area contributed by atoms with Gasteiger partial charge in [0.2, 0.25) is 11.8 Å². The van der Waals surface area contributed by atoms with Crippen molar-refractivity contribution in [3.8, 4) is 5.75 Å². The van der Waals surface area contributed by atoms with Crippen LogP contribution in [0.4, 0.5) is 0 Å². The van der Waals surface area contributed by atoms with E-state index in [2.05, 4.69) is 31.0 Å². The molecule has 7 unspecified atom stereocenters. The minimum absolute atomic E-state index is 0.0116. The van der Waals surface area contributed by atoms with Crippen molar-refractivity contribution in [1.82, 2.24) is 15.1 Å². The van der Waals surface area contributed by atoms with Crippen LogP contribution in [0.15, 0.2) is 35.9 Å². The van der Waals surface area contributed by atoms with Crippen LogP contribution < -0.4 is 10.1 Å². The summed E-state index contributed by atoms with van der Waals surface area (Å²) in [7, 11) is 0. The number of hydrogen-bond donors (Lipinski definition) is 3. The maximum atomic E-state index is 14.1. The van der Waals surface area contributed by atoms with E-state index in [0.717, 1.165) is 31.5 Å². The van der Waals surface area contributed by atoms with Crippen LogP contribution in [0.2, 0.25) is 0 Å². The first-order valence-corrected chi connectivity index (χ1v) is 16.0. The van der Waals surface area contributed by atoms with Crippen LogP contribution in [-0.2, 0) is 19.1 Å². The van der Waals surface area contributed by atoms with Gasteiger partial charge in [-0.1, -0.05) is 45.4 Å². The Bertz CT molecular complexity index is 1140. The van der Waals surface area contributed by atoms with Crippen LogP contribution in [0, 0.1) is 17.8 Å². The number of aliphatic hydroxyl groups is 2. The van der Waals surface area contributed by atoms with Gasteiger partial charge in [0, 0.05) is 43.9 Å². The third-order valence-electron chi connectivity index (χ3n) is 9.70. The number of morpholine rings is 1. The topological polar surface area (TPSA) is 121 Å². The zero-order valence-electron chi connectivity index (χ0n) is 25.8. The molecule has 10 nitrogen and oxygen atoms in total. The van der Waals surface area contributed by atoms with Gasteiger partial charge >= 0.3 is 0 Å². The molecule has 2 heterocycles. The Kier molecular flexibility index (Phi) is 10.8. The standard InChI is InChI=1S/C33H49N3O7/c1-21(2)23-9-8-22(3)18-28(23)42-20-29(38)36(12-11-35-13-16-41-17-14-35)26-19-25(33(40)34-10-15-37)30-24-6-4-5-7-27(24)43-32(30)31(26)39/h4-7,19,21-23,26,28,30-32,37,39H,8-18,20H2,1-3H3,(H,34,40). The fourth-order valence-corrected chi connectivity index (χ4v) is 7.27. The van der Waals surface area contributed by atoms with Crippen molar-refractivity contribution < 1.29 is 34.0 Å². The van der Waals surface area contributed by atoms with Crippen molar-refractivity contribution >= 4 is 11.8 Å². The van der Waals surface area contributed by atoms with E-state index in [1.54, 1.807) is 11.0 Å². The molecule has 1 aromatic rings. The van der Waals surface area contributed by atoms with Gasteiger partial charge in [-0.25, -0.2) is 0 Å². The molecule has 0 spiro atoms. The van der Waals surface area contributed by atoms with E-state index >= 15 is 0 Å². The van der Waals surface area contributed by atoms with Crippen LogP contribution in [0.25, 0.3) is 0 Å². The highest BCUT2D eigenvalue weighted by Crippen LogP contribution is 2.47. The number of carbonyl (C=O) groups is 2. The highest BCUT2D eigenvalue weighted by atomic mass is 16.5. The number of aliphatic hydroxyl groups excluding tert-OH is 2. The van der Waals surface area contributed by atoms with Gasteiger partial charge in [0.15, 0.2) is 0 Å². The molecular weight excluding hydrogens is 550 g/mol. The van der Waals surface area contributed by atoms with Crippen molar-refractivity contribution in [1.29, 1.82) is 0 Å². The molecule has 1 saturated heterocycles. The molecule has 10 heteroatoms. The molecule has 7 atom stereocenters. The molecule has 4 aliphatic rings. The van der Waals surface area contributed by atoms with Gasteiger partial charge in [0.1, 0.15) is 24.6 Å². The molecule has 2 aliphatic heterocycles. The summed E-state index contributed by atoms with van der Waals surface area (Å²) in [5, 5.41) is 23.9.